The van der Waals surface area contributed by atoms with E-state index >= 15 is 0 Å². The maximum absolute atomic E-state index is 13.4. The van der Waals surface area contributed by atoms with Crippen LogP contribution in [0.25, 0.3) is 0 Å². The van der Waals surface area contributed by atoms with E-state index < -0.39 is 11.6 Å². The molecule has 22 heavy (non-hydrogen) atoms. The third kappa shape index (κ3) is 3.94. The quantitative estimate of drug-likeness (QED) is 0.906. The molecule has 0 unspecified atom stereocenters. The topological polar surface area (TPSA) is 41.6 Å². The summed E-state index contributed by atoms with van der Waals surface area (Å²) in [5, 5.41) is 2.89. The minimum Gasteiger partial charge on any atom is -0.488 e. The van der Waals surface area contributed by atoms with Crippen LogP contribution < -0.4 is 10.1 Å². The van der Waals surface area contributed by atoms with Crippen molar-refractivity contribution in [3.05, 3.63) is 29.8 Å². The first-order chi connectivity index (χ1) is 10.4. The molecule has 0 aromatic heterocycles. The van der Waals surface area contributed by atoms with Gasteiger partial charge in [-0.3, -0.25) is 4.79 Å². The molecule has 1 fully saturated rings. The van der Waals surface area contributed by atoms with Crippen LogP contribution >= 0.6 is 0 Å². The van der Waals surface area contributed by atoms with Gasteiger partial charge >= 0.3 is 0 Å². The van der Waals surface area contributed by atoms with E-state index in [-0.39, 0.29) is 36.3 Å². The molecule has 1 saturated heterocycles. The summed E-state index contributed by atoms with van der Waals surface area (Å²) in [5.41, 5.74) is 0. The summed E-state index contributed by atoms with van der Waals surface area (Å²) in [6.07, 6.45) is 0.837. The predicted octanol–water partition coefficient (Wildman–Crippen LogP) is 2.19. The Kier molecular flexibility index (Phi) is 5.34. The van der Waals surface area contributed by atoms with Crippen LogP contribution in [0.15, 0.2) is 18.2 Å². The second kappa shape index (κ2) is 7.05. The first-order valence-corrected chi connectivity index (χ1v) is 7.47. The monoisotopic (exact) mass is 312 g/mol. The number of hydrogen-bond donors (Lipinski definition) is 1. The average Bonchev–Trinajstić information content (AvgIpc) is 2.78. The fraction of sp³-hybridized carbons (Fsp3) is 0.562. The van der Waals surface area contributed by atoms with Gasteiger partial charge in [0.25, 0.3) is 0 Å². The second-order valence-electron chi connectivity index (χ2n) is 5.91. The van der Waals surface area contributed by atoms with Gasteiger partial charge in [-0.15, -0.1) is 0 Å². The van der Waals surface area contributed by atoms with Crippen molar-refractivity contribution in [3.63, 3.8) is 0 Å². The van der Waals surface area contributed by atoms with Gasteiger partial charge in [0.1, 0.15) is 12.4 Å². The summed E-state index contributed by atoms with van der Waals surface area (Å²) >= 11 is 0. The van der Waals surface area contributed by atoms with Gasteiger partial charge in [-0.1, -0.05) is 0 Å². The molecule has 4 nitrogen and oxygen atoms in total. The number of benzene rings is 1. The standard InChI is InChI=1S/C16H22F2N2O2/c1-10(9-22-15-5-4-12(17)8-14(15)18)19-16(21)13-6-7-20(3)11(13)2/h4-5,8,10-11,13H,6-7,9H2,1-3H3,(H,19,21)/t10-,11-,13-/m1/s1. The summed E-state index contributed by atoms with van der Waals surface area (Å²) in [7, 11) is 2.00. The number of hydrogen-bond acceptors (Lipinski definition) is 3. The fourth-order valence-corrected chi connectivity index (χ4v) is 2.64. The highest BCUT2D eigenvalue weighted by Crippen LogP contribution is 2.22. The summed E-state index contributed by atoms with van der Waals surface area (Å²) in [4.78, 5) is 14.4. The third-order valence-electron chi connectivity index (χ3n) is 4.18. The number of nitrogens with zero attached hydrogens (tertiary/aromatic N) is 1. The van der Waals surface area contributed by atoms with Crippen LogP contribution in [0, 0.1) is 17.6 Å². The van der Waals surface area contributed by atoms with E-state index in [9.17, 15) is 13.6 Å². The minimum atomic E-state index is -0.746. The minimum absolute atomic E-state index is 0.00692. The Labute approximate surface area is 129 Å². The van der Waals surface area contributed by atoms with Gasteiger partial charge in [0, 0.05) is 12.1 Å². The Morgan fingerprint density at radius 2 is 2.23 bits per heavy atom. The second-order valence-corrected chi connectivity index (χ2v) is 5.91. The summed E-state index contributed by atoms with van der Waals surface area (Å²) in [6, 6.07) is 3.11. The van der Waals surface area contributed by atoms with Crippen molar-refractivity contribution < 1.29 is 18.3 Å². The van der Waals surface area contributed by atoms with Crippen molar-refractivity contribution in [2.24, 2.45) is 5.92 Å². The number of ether oxygens (including phenoxy) is 1. The van der Waals surface area contributed by atoms with Crippen LogP contribution in [0.3, 0.4) is 0 Å². The van der Waals surface area contributed by atoms with Crippen LogP contribution in [0.4, 0.5) is 8.78 Å². The molecule has 1 amide bonds. The van der Waals surface area contributed by atoms with E-state index in [1.54, 1.807) is 6.92 Å². The molecule has 3 atom stereocenters. The van der Waals surface area contributed by atoms with Crippen LogP contribution in [0.2, 0.25) is 0 Å². The van der Waals surface area contributed by atoms with Crippen molar-refractivity contribution >= 4 is 5.91 Å². The van der Waals surface area contributed by atoms with Gasteiger partial charge in [0.2, 0.25) is 5.91 Å². The lowest BCUT2D eigenvalue weighted by molar-refractivity contribution is -0.126. The smallest absolute Gasteiger partial charge is 0.225 e. The van der Waals surface area contributed by atoms with Gasteiger partial charge in [-0.2, -0.15) is 0 Å². The lowest BCUT2D eigenvalue weighted by Gasteiger charge is -2.22. The van der Waals surface area contributed by atoms with E-state index in [4.69, 9.17) is 4.74 Å². The molecule has 0 aliphatic carbocycles. The van der Waals surface area contributed by atoms with Crippen molar-refractivity contribution in [2.45, 2.75) is 32.4 Å². The molecule has 1 aliphatic heterocycles. The van der Waals surface area contributed by atoms with Gasteiger partial charge in [-0.25, -0.2) is 8.78 Å². The van der Waals surface area contributed by atoms with Gasteiger partial charge in [-0.05, 0) is 46.0 Å². The summed E-state index contributed by atoms with van der Waals surface area (Å²) in [5.74, 6) is -1.45. The highest BCUT2D eigenvalue weighted by Gasteiger charge is 2.33. The normalized spacial score (nSPS) is 23.3. The van der Waals surface area contributed by atoms with E-state index in [0.29, 0.717) is 0 Å². The zero-order valence-corrected chi connectivity index (χ0v) is 13.1. The highest BCUT2D eigenvalue weighted by atomic mass is 19.1. The summed E-state index contributed by atoms with van der Waals surface area (Å²) in [6.45, 7) is 4.87. The van der Waals surface area contributed by atoms with Gasteiger partial charge in [0.15, 0.2) is 11.6 Å². The molecule has 0 radical (unpaired) electrons. The molecule has 1 heterocycles. The Morgan fingerprint density at radius 1 is 1.50 bits per heavy atom. The van der Waals surface area contributed by atoms with Gasteiger partial charge < -0.3 is 15.0 Å². The molecule has 2 rings (SSSR count). The van der Waals surface area contributed by atoms with Crippen LogP contribution in [-0.4, -0.2) is 43.1 Å². The van der Waals surface area contributed by atoms with E-state index in [1.807, 2.05) is 14.0 Å². The largest absolute Gasteiger partial charge is 0.488 e. The number of nitrogens with one attached hydrogen (secondary N) is 1. The number of carbonyl (C=O) groups is 1. The Bertz CT molecular complexity index is 539. The van der Waals surface area contributed by atoms with Crippen molar-refractivity contribution in [1.82, 2.24) is 10.2 Å². The molecule has 0 spiro atoms. The molecule has 6 heteroatoms. The molecular formula is C16H22F2N2O2. The van der Waals surface area contributed by atoms with Crippen LogP contribution in [0.1, 0.15) is 20.3 Å². The van der Waals surface area contributed by atoms with E-state index in [0.717, 1.165) is 25.1 Å². The molecule has 0 saturated carbocycles. The molecule has 1 aliphatic rings. The fourth-order valence-electron chi connectivity index (χ4n) is 2.64. The average molecular weight is 312 g/mol. The first kappa shape index (κ1) is 16.7. The summed E-state index contributed by atoms with van der Waals surface area (Å²) < 4.78 is 31.5. The third-order valence-corrected chi connectivity index (χ3v) is 4.18. The van der Waals surface area contributed by atoms with E-state index in [1.165, 1.54) is 6.07 Å². The maximum Gasteiger partial charge on any atom is 0.225 e. The molecule has 1 aromatic carbocycles. The Balaban J connectivity index is 1.82. The maximum atomic E-state index is 13.4. The van der Waals surface area contributed by atoms with Gasteiger partial charge in [0.05, 0.1) is 12.0 Å². The number of rotatable bonds is 5. The predicted molar refractivity (Wildman–Crippen MR) is 79.7 cm³/mol. The molecule has 1 N–H and O–H groups in total. The van der Waals surface area contributed by atoms with Crippen LogP contribution in [0.5, 0.6) is 5.75 Å². The number of carbonyl (C=O) groups excluding carboxylic acids is 1. The van der Waals surface area contributed by atoms with E-state index in [2.05, 4.69) is 10.2 Å². The van der Waals surface area contributed by atoms with Crippen molar-refractivity contribution in [3.8, 4) is 5.75 Å². The number of halogens is 2. The lowest BCUT2D eigenvalue weighted by Crippen LogP contribution is -2.43. The lowest BCUT2D eigenvalue weighted by atomic mass is 10.0. The van der Waals surface area contributed by atoms with Crippen molar-refractivity contribution in [2.75, 3.05) is 20.2 Å². The zero-order chi connectivity index (χ0) is 16.3. The highest BCUT2D eigenvalue weighted by molar-refractivity contribution is 5.80. The van der Waals surface area contributed by atoms with Crippen molar-refractivity contribution in [1.29, 1.82) is 0 Å². The van der Waals surface area contributed by atoms with Crippen LogP contribution in [-0.2, 0) is 4.79 Å². The molecule has 0 bridgehead atoms. The Morgan fingerprint density at radius 3 is 2.82 bits per heavy atom. The zero-order valence-electron chi connectivity index (χ0n) is 13.1. The molecular weight excluding hydrogens is 290 g/mol. The Hall–Kier alpha value is -1.69. The molecule has 122 valence electrons. The SMILES string of the molecule is C[C@H](COc1ccc(F)cc1F)NC(=O)[C@@H]1CCN(C)[C@@H]1C. The molecule has 1 aromatic rings. The number of amides is 1. The number of likely N-dealkylation sites (tertiary alicyclic amines) is 1. The first-order valence-electron chi connectivity index (χ1n) is 7.47.